The summed E-state index contributed by atoms with van der Waals surface area (Å²) in [6.07, 6.45) is 3.08. The van der Waals surface area contributed by atoms with Crippen LogP contribution in [0.1, 0.15) is 18.8 Å². The smallest absolute Gasteiger partial charge is 0.292 e. The molecule has 4 N–H and O–H groups in total. The van der Waals surface area contributed by atoms with Gasteiger partial charge in [0, 0.05) is 18.5 Å². The van der Waals surface area contributed by atoms with Gasteiger partial charge in [0.05, 0.1) is 15.9 Å². The molecule has 21 heavy (non-hydrogen) atoms. The van der Waals surface area contributed by atoms with E-state index in [-0.39, 0.29) is 16.3 Å². The zero-order valence-corrected chi connectivity index (χ0v) is 11.8. The second-order valence-corrected chi connectivity index (χ2v) is 6.01. The number of imidazole rings is 1. The van der Waals surface area contributed by atoms with Crippen LogP contribution in [0, 0.1) is 10.1 Å². The van der Waals surface area contributed by atoms with Crippen molar-refractivity contribution in [3.8, 4) is 0 Å². The molecule has 0 aliphatic rings. The quantitative estimate of drug-likeness (QED) is 0.426. The van der Waals surface area contributed by atoms with Crippen molar-refractivity contribution in [2.45, 2.75) is 17.9 Å². The molecule has 9 nitrogen and oxygen atoms in total. The zero-order valence-electron chi connectivity index (χ0n) is 11.0. The molecule has 1 aromatic carbocycles. The van der Waals surface area contributed by atoms with Gasteiger partial charge in [0.2, 0.25) is 10.0 Å². The lowest BCUT2D eigenvalue weighted by Crippen LogP contribution is -2.27. The molecule has 0 amide bonds. The Morgan fingerprint density at radius 2 is 2.19 bits per heavy atom. The van der Waals surface area contributed by atoms with Gasteiger partial charge >= 0.3 is 0 Å². The molecule has 1 heterocycles. The first-order chi connectivity index (χ1) is 9.81. The van der Waals surface area contributed by atoms with E-state index in [4.69, 9.17) is 5.73 Å². The van der Waals surface area contributed by atoms with Gasteiger partial charge in [-0.25, -0.2) is 18.1 Å². The Bertz CT molecular complexity index is 757. The molecule has 1 aromatic heterocycles. The standard InChI is InChI=1S/C11H13N5O4S/c1-7(11-13-4-5-14-11)15-21(19,20)8-2-3-10(16(17)18)9(12)6-8/h2-7,15H,12H2,1H3,(H,13,14). The highest BCUT2D eigenvalue weighted by molar-refractivity contribution is 7.89. The number of aromatic nitrogens is 2. The first-order valence-electron chi connectivity index (χ1n) is 5.87. The summed E-state index contributed by atoms with van der Waals surface area (Å²) < 4.78 is 26.8. The molecule has 0 aliphatic heterocycles. The third-order valence-corrected chi connectivity index (χ3v) is 4.31. The van der Waals surface area contributed by atoms with Crippen molar-refractivity contribution in [2.75, 3.05) is 5.73 Å². The SMILES string of the molecule is CC(NS(=O)(=O)c1ccc([N+](=O)[O-])c(N)c1)c1ncc[nH]1. The van der Waals surface area contributed by atoms with Gasteiger partial charge in [-0.05, 0) is 19.1 Å². The molecule has 2 rings (SSSR count). The number of nitro groups is 1. The number of anilines is 1. The van der Waals surface area contributed by atoms with Crippen LogP contribution < -0.4 is 10.5 Å². The lowest BCUT2D eigenvalue weighted by Gasteiger charge is -2.12. The number of hydrogen-bond acceptors (Lipinski definition) is 6. The van der Waals surface area contributed by atoms with Crippen LogP contribution in [0.4, 0.5) is 11.4 Å². The number of hydrogen-bond donors (Lipinski definition) is 3. The maximum atomic E-state index is 12.2. The fraction of sp³-hybridized carbons (Fsp3) is 0.182. The Hall–Kier alpha value is -2.46. The van der Waals surface area contributed by atoms with Gasteiger partial charge in [-0.1, -0.05) is 0 Å². The van der Waals surface area contributed by atoms with Gasteiger partial charge in [0.15, 0.2) is 0 Å². The molecule has 2 aromatic rings. The topological polar surface area (TPSA) is 144 Å². The Kier molecular flexibility index (Phi) is 3.91. The maximum Gasteiger partial charge on any atom is 0.292 e. The van der Waals surface area contributed by atoms with E-state index in [0.29, 0.717) is 5.82 Å². The summed E-state index contributed by atoms with van der Waals surface area (Å²) in [7, 11) is -3.86. The third-order valence-electron chi connectivity index (χ3n) is 2.77. The van der Waals surface area contributed by atoms with Crippen molar-refractivity contribution >= 4 is 21.4 Å². The minimum absolute atomic E-state index is 0.149. The second-order valence-electron chi connectivity index (χ2n) is 4.30. The van der Waals surface area contributed by atoms with Crippen LogP contribution in [-0.4, -0.2) is 23.3 Å². The molecular formula is C11H13N5O4S. The average molecular weight is 311 g/mol. The van der Waals surface area contributed by atoms with Gasteiger partial charge < -0.3 is 10.7 Å². The number of nitro benzene ring substituents is 1. The van der Waals surface area contributed by atoms with Crippen molar-refractivity contribution in [3.05, 3.63) is 46.5 Å². The van der Waals surface area contributed by atoms with Crippen LogP contribution in [-0.2, 0) is 10.0 Å². The van der Waals surface area contributed by atoms with E-state index in [1.165, 1.54) is 6.20 Å². The normalized spacial score (nSPS) is 13.0. The Morgan fingerprint density at radius 3 is 2.71 bits per heavy atom. The van der Waals surface area contributed by atoms with E-state index in [1.54, 1.807) is 13.1 Å². The molecule has 0 bridgehead atoms. The maximum absolute atomic E-state index is 12.2. The van der Waals surface area contributed by atoms with Gasteiger partial charge in [-0.2, -0.15) is 0 Å². The Morgan fingerprint density at radius 1 is 1.48 bits per heavy atom. The highest BCUT2D eigenvalue weighted by atomic mass is 32.2. The molecule has 1 atom stereocenters. The molecule has 1 unspecified atom stereocenters. The monoisotopic (exact) mass is 311 g/mol. The lowest BCUT2D eigenvalue weighted by molar-refractivity contribution is -0.383. The van der Waals surface area contributed by atoms with Crippen molar-refractivity contribution in [3.63, 3.8) is 0 Å². The number of nitrogens with zero attached hydrogens (tertiary/aromatic N) is 2. The summed E-state index contributed by atoms with van der Waals surface area (Å²) in [5.41, 5.74) is 4.94. The van der Waals surface area contributed by atoms with Gasteiger partial charge in [0.25, 0.3) is 5.69 Å². The lowest BCUT2D eigenvalue weighted by atomic mass is 10.3. The number of nitrogens with one attached hydrogen (secondary N) is 2. The Labute approximate surface area is 120 Å². The first-order valence-corrected chi connectivity index (χ1v) is 7.35. The van der Waals surface area contributed by atoms with Crippen molar-refractivity contribution in [1.82, 2.24) is 14.7 Å². The van der Waals surface area contributed by atoms with E-state index in [9.17, 15) is 18.5 Å². The third kappa shape index (κ3) is 3.17. The number of H-pyrrole nitrogens is 1. The molecule has 10 heteroatoms. The molecule has 0 spiro atoms. The molecule has 0 aliphatic carbocycles. The highest BCUT2D eigenvalue weighted by Gasteiger charge is 2.22. The van der Waals surface area contributed by atoms with Crippen LogP contribution >= 0.6 is 0 Å². The van der Waals surface area contributed by atoms with Crippen molar-refractivity contribution in [2.24, 2.45) is 0 Å². The summed E-state index contributed by atoms with van der Waals surface area (Å²) in [6, 6.07) is 2.66. The zero-order chi connectivity index (χ0) is 15.6. The fourth-order valence-electron chi connectivity index (χ4n) is 1.74. The van der Waals surface area contributed by atoms with Gasteiger partial charge in [-0.3, -0.25) is 10.1 Å². The van der Waals surface area contributed by atoms with E-state index in [1.807, 2.05) is 0 Å². The van der Waals surface area contributed by atoms with E-state index in [2.05, 4.69) is 14.7 Å². The fourth-order valence-corrected chi connectivity index (χ4v) is 2.98. The number of nitrogens with two attached hydrogens (primary N) is 1. The van der Waals surface area contributed by atoms with Gasteiger partial charge in [-0.15, -0.1) is 0 Å². The minimum atomic E-state index is -3.86. The number of nitrogen functional groups attached to an aromatic ring is 1. The summed E-state index contributed by atoms with van der Waals surface area (Å²) >= 11 is 0. The largest absolute Gasteiger partial charge is 0.393 e. The van der Waals surface area contributed by atoms with Crippen molar-refractivity contribution in [1.29, 1.82) is 0 Å². The number of sulfonamides is 1. The summed E-state index contributed by atoms with van der Waals surface area (Å²) in [6.45, 7) is 1.62. The van der Waals surface area contributed by atoms with Crippen molar-refractivity contribution < 1.29 is 13.3 Å². The summed E-state index contributed by atoms with van der Waals surface area (Å²) in [4.78, 5) is 16.6. The number of aromatic amines is 1. The van der Waals surface area contributed by atoms with Crippen LogP contribution in [0.5, 0.6) is 0 Å². The molecular weight excluding hydrogens is 298 g/mol. The Balaban J connectivity index is 2.28. The predicted octanol–water partition coefficient (Wildman–Crippen LogP) is 0.940. The van der Waals surface area contributed by atoms with Gasteiger partial charge in [0.1, 0.15) is 11.5 Å². The van der Waals surface area contributed by atoms with Crippen LogP contribution in [0.15, 0.2) is 35.5 Å². The van der Waals surface area contributed by atoms with Crippen LogP contribution in [0.25, 0.3) is 0 Å². The number of benzene rings is 1. The average Bonchev–Trinajstić information content (AvgIpc) is 2.91. The first kappa shape index (κ1) is 14.9. The predicted molar refractivity (Wildman–Crippen MR) is 74.8 cm³/mol. The highest BCUT2D eigenvalue weighted by Crippen LogP contribution is 2.25. The molecule has 112 valence electrons. The van der Waals surface area contributed by atoms with E-state index < -0.39 is 21.0 Å². The number of rotatable bonds is 5. The molecule has 0 radical (unpaired) electrons. The summed E-state index contributed by atoms with van der Waals surface area (Å²) in [5.74, 6) is 0.452. The molecule has 0 fully saturated rings. The second kappa shape index (κ2) is 5.50. The van der Waals surface area contributed by atoms with E-state index >= 15 is 0 Å². The summed E-state index contributed by atoms with van der Waals surface area (Å²) in [5, 5.41) is 10.7. The molecule has 0 saturated heterocycles. The minimum Gasteiger partial charge on any atom is -0.393 e. The van der Waals surface area contributed by atoms with E-state index in [0.717, 1.165) is 18.2 Å². The van der Waals surface area contributed by atoms with Crippen LogP contribution in [0.3, 0.4) is 0 Å². The van der Waals surface area contributed by atoms with Crippen LogP contribution in [0.2, 0.25) is 0 Å². The molecule has 0 saturated carbocycles.